The molecule has 1 fully saturated rings. The molecule has 0 aromatic heterocycles. The van der Waals surface area contributed by atoms with E-state index in [1.165, 1.54) is 0 Å². The Bertz CT molecular complexity index is 331. The lowest BCUT2D eigenvalue weighted by Crippen LogP contribution is -2.64. The smallest absolute Gasteiger partial charge is 0.246 e. The molecule has 0 aromatic carbocycles. The number of carbonyl (C=O) groups is 2. The summed E-state index contributed by atoms with van der Waals surface area (Å²) in [6, 6.07) is -0.809. The first-order valence-corrected chi connectivity index (χ1v) is 7.10. The Morgan fingerprint density at radius 3 is 2.47 bits per heavy atom. The summed E-state index contributed by atoms with van der Waals surface area (Å²) in [5.41, 5.74) is 0. The second kappa shape index (κ2) is 6.89. The van der Waals surface area contributed by atoms with Crippen molar-refractivity contribution in [3.63, 3.8) is 0 Å². The van der Waals surface area contributed by atoms with E-state index < -0.39 is 12.1 Å². The maximum Gasteiger partial charge on any atom is 0.246 e. The zero-order valence-corrected chi connectivity index (χ0v) is 12.6. The summed E-state index contributed by atoms with van der Waals surface area (Å²) in [5.74, 6) is 0.0840. The number of amides is 2. The van der Waals surface area contributed by atoms with Crippen LogP contribution in [0.2, 0.25) is 0 Å². The Hall–Kier alpha value is -1.10. The normalized spacial score (nSPS) is 25.7. The molecule has 1 N–H and O–H groups in total. The van der Waals surface area contributed by atoms with E-state index >= 15 is 0 Å². The van der Waals surface area contributed by atoms with Crippen molar-refractivity contribution in [2.45, 2.75) is 59.2 Å². The van der Waals surface area contributed by atoms with Crippen LogP contribution >= 0.6 is 0 Å². The van der Waals surface area contributed by atoms with E-state index in [1.54, 1.807) is 11.8 Å². The maximum atomic E-state index is 12.4. The summed E-state index contributed by atoms with van der Waals surface area (Å²) in [6.45, 7) is 10.6. The van der Waals surface area contributed by atoms with E-state index in [-0.39, 0.29) is 23.8 Å². The van der Waals surface area contributed by atoms with Gasteiger partial charge < -0.3 is 15.0 Å². The average molecular weight is 270 g/mol. The van der Waals surface area contributed by atoms with Crippen molar-refractivity contribution in [2.75, 3.05) is 13.2 Å². The SMILES string of the molecule is CCC(C)C1NC(=O)C(C)N(CCOC(C)C)C1=O. The van der Waals surface area contributed by atoms with E-state index in [0.29, 0.717) is 13.2 Å². The third kappa shape index (κ3) is 3.93. The molecule has 0 aliphatic carbocycles. The molecule has 1 aliphatic heterocycles. The van der Waals surface area contributed by atoms with Gasteiger partial charge in [0.05, 0.1) is 12.7 Å². The van der Waals surface area contributed by atoms with Crippen LogP contribution in [0.3, 0.4) is 0 Å². The second-order valence-electron chi connectivity index (χ2n) is 5.50. The van der Waals surface area contributed by atoms with Crippen LogP contribution in [0.15, 0.2) is 0 Å². The highest BCUT2D eigenvalue weighted by molar-refractivity contribution is 5.96. The quantitative estimate of drug-likeness (QED) is 0.788. The van der Waals surface area contributed by atoms with Gasteiger partial charge in [-0.1, -0.05) is 20.3 Å². The third-order valence-corrected chi connectivity index (χ3v) is 3.69. The molecule has 1 saturated heterocycles. The van der Waals surface area contributed by atoms with Gasteiger partial charge in [0.1, 0.15) is 12.1 Å². The second-order valence-corrected chi connectivity index (χ2v) is 5.50. The van der Waals surface area contributed by atoms with Gasteiger partial charge >= 0.3 is 0 Å². The molecule has 0 saturated carbocycles. The minimum atomic E-state index is -0.413. The number of carbonyl (C=O) groups excluding carboxylic acids is 2. The van der Waals surface area contributed by atoms with E-state index in [2.05, 4.69) is 5.32 Å². The zero-order chi connectivity index (χ0) is 14.6. The Kier molecular flexibility index (Phi) is 5.79. The summed E-state index contributed by atoms with van der Waals surface area (Å²) in [4.78, 5) is 26.0. The van der Waals surface area contributed by atoms with E-state index in [1.807, 2.05) is 27.7 Å². The molecule has 0 spiro atoms. The molecule has 1 heterocycles. The fraction of sp³-hybridized carbons (Fsp3) is 0.857. The Balaban J connectivity index is 2.70. The fourth-order valence-electron chi connectivity index (χ4n) is 2.16. The number of hydrogen-bond acceptors (Lipinski definition) is 3. The Labute approximate surface area is 115 Å². The third-order valence-electron chi connectivity index (χ3n) is 3.69. The minimum Gasteiger partial charge on any atom is -0.377 e. The van der Waals surface area contributed by atoms with Crippen molar-refractivity contribution in [1.82, 2.24) is 10.2 Å². The monoisotopic (exact) mass is 270 g/mol. The van der Waals surface area contributed by atoms with Crippen LogP contribution in [0.1, 0.15) is 41.0 Å². The van der Waals surface area contributed by atoms with E-state index in [0.717, 1.165) is 6.42 Å². The molecule has 5 heteroatoms. The fourth-order valence-corrected chi connectivity index (χ4v) is 2.16. The van der Waals surface area contributed by atoms with Gasteiger partial charge in [0, 0.05) is 6.54 Å². The molecular formula is C14H26N2O3. The number of rotatable bonds is 6. The molecule has 110 valence electrons. The number of nitrogens with one attached hydrogen (secondary N) is 1. The molecule has 3 atom stereocenters. The molecule has 19 heavy (non-hydrogen) atoms. The Morgan fingerprint density at radius 2 is 1.95 bits per heavy atom. The van der Waals surface area contributed by atoms with Crippen LogP contribution in [0.5, 0.6) is 0 Å². The predicted octanol–water partition coefficient (Wildman–Crippen LogP) is 1.17. The van der Waals surface area contributed by atoms with Gasteiger partial charge in [-0.2, -0.15) is 0 Å². The summed E-state index contributed by atoms with van der Waals surface area (Å²) in [5, 5.41) is 2.82. The number of nitrogens with zero attached hydrogens (tertiary/aromatic N) is 1. The molecule has 0 radical (unpaired) electrons. The zero-order valence-electron chi connectivity index (χ0n) is 12.6. The van der Waals surface area contributed by atoms with Gasteiger partial charge in [0.2, 0.25) is 11.8 Å². The first-order valence-electron chi connectivity index (χ1n) is 7.10. The Morgan fingerprint density at radius 1 is 1.32 bits per heavy atom. The van der Waals surface area contributed by atoms with Crippen molar-refractivity contribution in [2.24, 2.45) is 5.92 Å². The first kappa shape index (κ1) is 16.0. The summed E-state index contributed by atoms with van der Waals surface area (Å²) < 4.78 is 5.47. The van der Waals surface area contributed by atoms with Gasteiger partial charge in [0.15, 0.2) is 0 Å². The van der Waals surface area contributed by atoms with Gasteiger partial charge in [-0.25, -0.2) is 0 Å². The van der Waals surface area contributed by atoms with Crippen LogP contribution in [0.25, 0.3) is 0 Å². The molecule has 0 aromatic rings. The molecule has 5 nitrogen and oxygen atoms in total. The number of hydrogen-bond donors (Lipinski definition) is 1. The predicted molar refractivity (Wildman–Crippen MR) is 73.6 cm³/mol. The topological polar surface area (TPSA) is 58.6 Å². The molecule has 2 amide bonds. The first-order chi connectivity index (χ1) is 8.88. The van der Waals surface area contributed by atoms with Crippen LogP contribution in [-0.4, -0.2) is 48.1 Å². The molecule has 1 rings (SSSR count). The highest BCUT2D eigenvalue weighted by atomic mass is 16.5. The van der Waals surface area contributed by atoms with E-state index in [4.69, 9.17) is 4.74 Å². The minimum absolute atomic E-state index is 0.00815. The van der Waals surface area contributed by atoms with Crippen LogP contribution < -0.4 is 5.32 Å². The van der Waals surface area contributed by atoms with Crippen molar-refractivity contribution in [3.05, 3.63) is 0 Å². The van der Waals surface area contributed by atoms with E-state index in [9.17, 15) is 9.59 Å². The lowest BCUT2D eigenvalue weighted by Gasteiger charge is -2.39. The summed E-state index contributed by atoms with van der Waals surface area (Å²) in [7, 11) is 0. The lowest BCUT2D eigenvalue weighted by molar-refractivity contribution is -0.151. The highest BCUT2D eigenvalue weighted by Crippen LogP contribution is 2.17. The molecular weight excluding hydrogens is 244 g/mol. The molecule has 0 bridgehead atoms. The van der Waals surface area contributed by atoms with Gasteiger partial charge in [-0.3, -0.25) is 9.59 Å². The van der Waals surface area contributed by atoms with Crippen LogP contribution in [0.4, 0.5) is 0 Å². The van der Waals surface area contributed by atoms with Crippen LogP contribution in [-0.2, 0) is 14.3 Å². The molecule has 3 unspecified atom stereocenters. The summed E-state index contributed by atoms with van der Waals surface area (Å²) >= 11 is 0. The van der Waals surface area contributed by atoms with Crippen molar-refractivity contribution in [3.8, 4) is 0 Å². The van der Waals surface area contributed by atoms with Gasteiger partial charge in [-0.15, -0.1) is 0 Å². The molecule has 1 aliphatic rings. The lowest BCUT2D eigenvalue weighted by atomic mass is 9.94. The summed E-state index contributed by atoms with van der Waals surface area (Å²) in [6.07, 6.45) is 0.996. The highest BCUT2D eigenvalue weighted by Gasteiger charge is 2.39. The van der Waals surface area contributed by atoms with Gasteiger partial charge in [0.25, 0.3) is 0 Å². The number of piperazine rings is 1. The van der Waals surface area contributed by atoms with Crippen molar-refractivity contribution in [1.29, 1.82) is 0 Å². The standard InChI is InChI=1S/C14H26N2O3/c1-6-10(4)12-14(18)16(7-8-19-9(2)3)11(5)13(17)15-12/h9-12H,6-8H2,1-5H3,(H,15,17). The largest absolute Gasteiger partial charge is 0.377 e. The van der Waals surface area contributed by atoms with Gasteiger partial charge in [-0.05, 0) is 26.7 Å². The van der Waals surface area contributed by atoms with Crippen molar-refractivity contribution < 1.29 is 14.3 Å². The number of ether oxygens (including phenoxy) is 1. The van der Waals surface area contributed by atoms with Crippen LogP contribution in [0, 0.1) is 5.92 Å². The average Bonchev–Trinajstić information content (AvgIpc) is 2.36. The van der Waals surface area contributed by atoms with Crippen molar-refractivity contribution >= 4 is 11.8 Å². The maximum absolute atomic E-state index is 12.4.